The average molecular weight is 431 g/mol. The fourth-order valence-electron chi connectivity index (χ4n) is 5.43. The number of rotatable bonds is 5. The molecule has 3 aliphatic rings. The molecule has 0 unspecified atom stereocenters. The zero-order valence-corrected chi connectivity index (χ0v) is 20.3. The van der Waals surface area contributed by atoms with Gasteiger partial charge in [0, 0.05) is 37.7 Å². The molecule has 1 saturated carbocycles. The van der Waals surface area contributed by atoms with E-state index in [9.17, 15) is 4.79 Å². The summed E-state index contributed by atoms with van der Waals surface area (Å²) in [5.41, 5.74) is 1.37. The lowest BCUT2D eigenvalue weighted by Gasteiger charge is -2.39. The summed E-state index contributed by atoms with van der Waals surface area (Å²) < 4.78 is 2.22. The highest BCUT2D eigenvalue weighted by molar-refractivity contribution is 5.80. The Hall–Kier alpha value is -1.20. The molecule has 0 bridgehead atoms. The van der Waals surface area contributed by atoms with Gasteiger partial charge in [-0.1, -0.05) is 46.5 Å². The minimum Gasteiger partial charge on any atom is -0.317 e. The van der Waals surface area contributed by atoms with E-state index >= 15 is 0 Å². The smallest absolute Gasteiger partial charge is 0.135 e. The monoisotopic (exact) mass is 430 g/mol. The van der Waals surface area contributed by atoms with Crippen LogP contribution < -0.4 is 5.32 Å². The Morgan fingerprint density at radius 3 is 2.19 bits per heavy atom. The van der Waals surface area contributed by atoms with E-state index in [4.69, 9.17) is 0 Å². The zero-order valence-electron chi connectivity index (χ0n) is 20.3. The first-order chi connectivity index (χ1) is 15.1. The Kier molecular flexibility index (Phi) is 10.0. The van der Waals surface area contributed by atoms with Crippen molar-refractivity contribution in [2.75, 3.05) is 26.2 Å². The Morgan fingerprint density at radius 2 is 1.65 bits per heavy atom. The van der Waals surface area contributed by atoms with Gasteiger partial charge in [-0.2, -0.15) is 5.10 Å². The van der Waals surface area contributed by atoms with E-state index < -0.39 is 0 Å². The summed E-state index contributed by atoms with van der Waals surface area (Å²) in [6, 6.07) is 1.43. The molecule has 176 valence electrons. The van der Waals surface area contributed by atoms with Gasteiger partial charge in [-0.15, -0.1) is 0 Å². The summed E-state index contributed by atoms with van der Waals surface area (Å²) in [5, 5.41) is 8.05. The molecule has 31 heavy (non-hydrogen) atoms. The molecule has 3 fully saturated rings. The third-order valence-corrected chi connectivity index (χ3v) is 7.65. The van der Waals surface area contributed by atoms with E-state index in [0.29, 0.717) is 23.7 Å². The Balaban J connectivity index is 0.000000210. The third kappa shape index (κ3) is 7.42. The first-order valence-electron chi connectivity index (χ1n) is 13.1. The number of Topliss-reactive ketones (excluding diaryl/α,β-unsaturated/α-hetero) is 1. The maximum absolute atomic E-state index is 11.3. The van der Waals surface area contributed by atoms with Crippen LogP contribution in [0.25, 0.3) is 0 Å². The molecule has 1 aliphatic carbocycles. The highest BCUT2D eigenvalue weighted by Gasteiger charge is 2.27. The molecule has 1 N–H and O–H groups in total. The second-order valence-corrected chi connectivity index (χ2v) is 10.2. The lowest BCUT2D eigenvalue weighted by atomic mass is 9.94. The van der Waals surface area contributed by atoms with Gasteiger partial charge in [-0.05, 0) is 63.1 Å². The molecular weight excluding hydrogens is 384 g/mol. The van der Waals surface area contributed by atoms with Crippen molar-refractivity contribution in [3.8, 4) is 0 Å². The quantitative estimate of drug-likeness (QED) is 0.641. The van der Waals surface area contributed by atoms with E-state index in [1.54, 1.807) is 0 Å². The molecule has 1 aromatic heterocycles. The summed E-state index contributed by atoms with van der Waals surface area (Å²) >= 11 is 0. The van der Waals surface area contributed by atoms with Crippen LogP contribution in [0.3, 0.4) is 0 Å². The number of hydrogen-bond acceptors (Lipinski definition) is 4. The van der Waals surface area contributed by atoms with Crippen LogP contribution in [0.15, 0.2) is 12.4 Å². The normalized spacial score (nSPS) is 22.7. The Bertz CT molecular complexity index is 634. The van der Waals surface area contributed by atoms with E-state index in [0.717, 1.165) is 25.3 Å². The van der Waals surface area contributed by atoms with Crippen LogP contribution in [-0.2, 0) is 4.79 Å². The number of carbonyl (C=O) groups is 1. The van der Waals surface area contributed by atoms with Gasteiger partial charge < -0.3 is 10.2 Å². The molecule has 0 atom stereocenters. The number of piperidine rings is 2. The Morgan fingerprint density at radius 1 is 1.00 bits per heavy atom. The average Bonchev–Trinajstić information content (AvgIpc) is 3.16. The summed E-state index contributed by atoms with van der Waals surface area (Å²) in [5.74, 6) is 1.49. The molecule has 0 radical (unpaired) electrons. The molecule has 2 saturated heterocycles. The van der Waals surface area contributed by atoms with Gasteiger partial charge in [0.1, 0.15) is 5.78 Å². The molecule has 5 nitrogen and oxygen atoms in total. The van der Waals surface area contributed by atoms with E-state index in [1.165, 1.54) is 83.1 Å². The second-order valence-electron chi connectivity index (χ2n) is 10.2. The predicted molar refractivity (Wildman–Crippen MR) is 129 cm³/mol. The van der Waals surface area contributed by atoms with Crippen molar-refractivity contribution in [1.29, 1.82) is 0 Å². The number of nitrogens with zero attached hydrogens (tertiary/aromatic N) is 3. The van der Waals surface area contributed by atoms with E-state index in [-0.39, 0.29) is 0 Å². The van der Waals surface area contributed by atoms with Crippen LogP contribution in [0.4, 0.5) is 0 Å². The minimum absolute atomic E-state index is 0.419. The first-order valence-corrected chi connectivity index (χ1v) is 13.1. The first kappa shape index (κ1) is 24.4. The van der Waals surface area contributed by atoms with Gasteiger partial charge in [0.2, 0.25) is 0 Å². The number of likely N-dealkylation sites (tertiary alicyclic amines) is 1. The van der Waals surface area contributed by atoms with Crippen LogP contribution in [0.2, 0.25) is 0 Å². The van der Waals surface area contributed by atoms with Crippen molar-refractivity contribution < 1.29 is 4.79 Å². The van der Waals surface area contributed by atoms with Crippen LogP contribution in [0, 0.1) is 5.92 Å². The van der Waals surface area contributed by atoms with Crippen LogP contribution in [0.1, 0.15) is 109 Å². The molecule has 4 rings (SSSR count). The highest BCUT2D eigenvalue weighted by Crippen LogP contribution is 2.27. The van der Waals surface area contributed by atoms with Gasteiger partial charge in [0.25, 0.3) is 0 Å². The topological polar surface area (TPSA) is 50.2 Å². The van der Waals surface area contributed by atoms with Crippen molar-refractivity contribution in [2.24, 2.45) is 5.92 Å². The summed E-state index contributed by atoms with van der Waals surface area (Å²) in [6.45, 7) is 11.3. The molecule has 5 heteroatoms. The number of nitrogens with one attached hydrogen (secondary N) is 1. The van der Waals surface area contributed by atoms with Crippen molar-refractivity contribution >= 4 is 5.78 Å². The van der Waals surface area contributed by atoms with Gasteiger partial charge in [0.05, 0.1) is 12.2 Å². The van der Waals surface area contributed by atoms with E-state index in [1.807, 2.05) is 13.1 Å². The standard InChI is InChI=1S/C16H28N4.C10H18O/c1-13(2)14-11-18-20(12-14)16-5-9-19(10-6-16)15-3-7-17-8-4-15;1-2-10(11)9-7-5-3-4-6-8-9/h11-13,15-17H,3-10H2,1-2H3;9H,2-8H2,1H3. The SMILES string of the molecule is CC(C)c1cnn(C2CCN(C3CCNCC3)CC2)c1.CCC(=O)C1CCCCCC1. The van der Waals surface area contributed by atoms with E-state index in [2.05, 4.69) is 40.0 Å². The lowest BCUT2D eigenvalue weighted by Crippen LogP contribution is -2.46. The summed E-state index contributed by atoms with van der Waals surface area (Å²) in [4.78, 5) is 14.0. The Labute approximate surface area is 190 Å². The molecule has 0 aromatic carbocycles. The minimum atomic E-state index is 0.419. The maximum atomic E-state index is 11.3. The zero-order chi connectivity index (χ0) is 22.1. The van der Waals surface area contributed by atoms with Crippen LogP contribution in [-0.4, -0.2) is 52.7 Å². The second kappa shape index (κ2) is 12.7. The van der Waals surface area contributed by atoms with Gasteiger partial charge in [0.15, 0.2) is 0 Å². The van der Waals surface area contributed by atoms with Crippen molar-refractivity contribution in [2.45, 2.75) is 109 Å². The third-order valence-electron chi connectivity index (χ3n) is 7.65. The van der Waals surface area contributed by atoms with Crippen LogP contribution >= 0.6 is 0 Å². The summed E-state index contributed by atoms with van der Waals surface area (Å²) in [7, 11) is 0. The molecular formula is C26H46N4O. The van der Waals surface area contributed by atoms with Gasteiger partial charge in [-0.25, -0.2) is 0 Å². The number of aromatic nitrogens is 2. The molecule has 2 aliphatic heterocycles. The lowest BCUT2D eigenvalue weighted by molar-refractivity contribution is -0.122. The summed E-state index contributed by atoms with van der Waals surface area (Å²) in [6.07, 6.45) is 17.7. The molecule has 1 aromatic rings. The van der Waals surface area contributed by atoms with Crippen molar-refractivity contribution in [3.05, 3.63) is 18.0 Å². The molecule has 0 amide bonds. The van der Waals surface area contributed by atoms with Crippen molar-refractivity contribution in [1.82, 2.24) is 20.0 Å². The van der Waals surface area contributed by atoms with Gasteiger partial charge in [-0.3, -0.25) is 9.48 Å². The van der Waals surface area contributed by atoms with Gasteiger partial charge >= 0.3 is 0 Å². The number of carbonyl (C=O) groups excluding carboxylic acids is 1. The fraction of sp³-hybridized carbons (Fsp3) is 0.846. The molecule has 3 heterocycles. The number of hydrogen-bond donors (Lipinski definition) is 1. The predicted octanol–water partition coefficient (Wildman–Crippen LogP) is 5.33. The van der Waals surface area contributed by atoms with Crippen molar-refractivity contribution in [3.63, 3.8) is 0 Å². The largest absolute Gasteiger partial charge is 0.317 e. The highest BCUT2D eigenvalue weighted by atomic mass is 16.1. The number of ketones is 1. The molecule has 0 spiro atoms. The fourth-order valence-corrected chi connectivity index (χ4v) is 5.43. The van der Waals surface area contributed by atoms with Crippen LogP contribution in [0.5, 0.6) is 0 Å². The maximum Gasteiger partial charge on any atom is 0.135 e.